The Labute approximate surface area is 113 Å². The number of hydrogen-bond donors (Lipinski definition) is 2. The first-order valence-electron chi connectivity index (χ1n) is 5.28. The van der Waals surface area contributed by atoms with Crippen molar-refractivity contribution in [2.45, 2.75) is 6.42 Å². The minimum absolute atomic E-state index is 0.464. The molecule has 1 amide bonds. The number of nitrogens with one attached hydrogen (secondary N) is 1. The molecule has 0 unspecified atom stereocenters. The molecule has 4 nitrogen and oxygen atoms in total. The Bertz CT molecular complexity index is 557. The molecule has 6 heteroatoms. The highest BCUT2D eigenvalue weighted by atomic mass is 35.5. The van der Waals surface area contributed by atoms with Gasteiger partial charge in [-0.2, -0.15) is 0 Å². The van der Waals surface area contributed by atoms with Crippen molar-refractivity contribution >= 4 is 34.0 Å². The molecule has 0 aliphatic rings. The number of halogens is 1. The lowest BCUT2D eigenvalue weighted by atomic mass is 10.1. The molecule has 0 bridgehead atoms. The largest absolute Gasteiger partial charge is 0.387 e. The van der Waals surface area contributed by atoms with Crippen LogP contribution in [0.3, 0.4) is 0 Å². The average molecular weight is 283 g/mol. The molecule has 18 heavy (non-hydrogen) atoms. The van der Waals surface area contributed by atoms with Crippen LogP contribution in [0.4, 0.5) is 5.13 Å². The van der Waals surface area contributed by atoms with Crippen LogP contribution in [0.2, 0.25) is 5.02 Å². The maximum absolute atomic E-state index is 11.0. The van der Waals surface area contributed by atoms with E-state index in [9.17, 15) is 4.79 Å². The summed E-state index contributed by atoms with van der Waals surface area (Å²) < 4.78 is 0. The highest BCUT2D eigenvalue weighted by Gasteiger charge is 2.07. The summed E-state index contributed by atoms with van der Waals surface area (Å²) in [6.45, 7) is -0.542. The topological polar surface area (TPSA) is 62.2 Å². The number of aromatic nitrogens is 1. The van der Waals surface area contributed by atoms with E-state index in [-0.39, 0.29) is 0 Å². The average Bonchev–Trinajstić information content (AvgIpc) is 2.79. The van der Waals surface area contributed by atoms with Crippen LogP contribution in [-0.4, -0.2) is 22.6 Å². The van der Waals surface area contributed by atoms with Crippen molar-refractivity contribution in [2.24, 2.45) is 0 Å². The smallest absolute Gasteiger partial charge is 0.251 e. The van der Waals surface area contributed by atoms with Crippen LogP contribution in [0.1, 0.15) is 10.4 Å². The third-order valence-electron chi connectivity index (χ3n) is 2.27. The summed E-state index contributed by atoms with van der Waals surface area (Å²) in [7, 11) is 0. The third-order valence-corrected chi connectivity index (χ3v) is 3.55. The zero-order chi connectivity index (χ0) is 13.0. The minimum atomic E-state index is -0.542. The number of carbonyl (C=O) groups is 1. The Kier molecular flexibility index (Phi) is 4.30. The summed E-state index contributed by atoms with van der Waals surface area (Å²) in [4.78, 5) is 16.0. The van der Waals surface area contributed by atoms with E-state index in [1.54, 1.807) is 6.20 Å². The van der Waals surface area contributed by atoms with Crippen LogP contribution >= 0.6 is 22.9 Å². The van der Waals surface area contributed by atoms with Crippen LogP contribution in [0, 0.1) is 0 Å². The van der Waals surface area contributed by atoms with E-state index >= 15 is 0 Å². The molecule has 0 radical (unpaired) electrons. The molecule has 0 spiro atoms. The van der Waals surface area contributed by atoms with Gasteiger partial charge in [0, 0.05) is 22.5 Å². The molecular weight excluding hydrogens is 272 g/mol. The molecule has 1 aromatic heterocycles. The summed E-state index contributed by atoms with van der Waals surface area (Å²) in [6, 6.07) is 7.60. The van der Waals surface area contributed by atoms with Gasteiger partial charge in [-0.3, -0.25) is 10.1 Å². The fourth-order valence-corrected chi connectivity index (χ4v) is 2.49. The first-order valence-corrected chi connectivity index (χ1v) is 6.47. The summed E-state index contributed by atoms with van der Waals surface area (Å²) in [5, 5.41) is 12.3. The summed E-state index contributed by atoms with van der Waals surface area (Å²) in [6.07, 6.45) is 2.37. The van der Waals surface area contributed by atoms with Gasteiger partial charge in [0.2, 0.25) is 0 Å². The van der Waals surface area contributed by atoms with Gasteiger partial charge in [-0.25, -0.2) is 4.98 Å². The van der Waals surface area contributed by atoms with Crippen molar-refractivity contribution in [1.29, 1.82) is 0 Å². The number of amides is 1. The van der Waals surface area contributed by atoms with Crippen LogP contribution in [0.5, 0.6) is 0 Å². The van der Waals surface area contributed by atoms with Crippen LogP contribution < -0.4 is 5.32 Å². The Morgan fingerprint density at radius 2 is 2.22 bits per heavy atom. The van der Waals surface area contributed by atoms with Gasteiger partial charge in [-0.15, -0.1) is 11.3 Å². The van der Waals surface area contributed by atoms with Crippen LogP contribution in [-0.2, 0) is 11.2 Å². The summed E-state index contributed by atoms with van der Waals surface area (Å²) in [5.74, 6) is -0.464. The SMILES string of the molecule is O=C(CO)Nc1ncc(Cc2ccccc2Cl)s1. The van der Waals surface area contributed by atoms with E-state index in [1.807, 2.05) is 24.3 Å². The predicted octanol–water partition coefficient (Wildman–Crippen LogP) is 2.32. The molecule has 0 aliphatic heterocycles. The van der Waals surface area contributed by atoms with Gasteiger partial charge >= 0.3 is 0 Å². The van der Waals surface area contributed by atoms with Crippen molar-refractivity contribution in [3.63, 3.8) is 0 Å². The Hall–Kier alpha value is -1.43. The highest BCUT2D eigenvalue weighted by molar-refractivity contribution is 7.15. The fraction of sp³-hybridized carbons (Fsp3) is 0.167. The first-order chi connectivity index (χ1) is 8.69. The van der Waals surface area contributed by atoms with E-state index in [0.717, 1.165) is 10.4 Å². The monoisotopic (exact) mass is 282 g/mol. The lowest BCUT2D eigenvalue weighted by molar-refractivity contribution is -0.118. The van der Waals surface area contributed by atoms with E-state index < -0.39 is 12.5 Å². The molecular formula is C12H11ClN2O2S. The second-order valence-electron chi connectivity index (χ2n) is 3.61. The molecule has 1 aromatic carbocycles. The second kappa shape index (κ2) is 5.95. The fourth-order valence-electron chi connectivity index (χ4n) is 1.44. The van der Waals surface area contributed by atoms with Crippen molar-refractivity contribution in [2.75, 3.05) is 11.9 Å². The van der Waals surface area contributed by atoms with E-state index in [4.69, 9.17) is 16.7 Å². The van der Waals surface area contributed by atoms with Crippen LogP contribution in [0.15, 0.2) is 30.5 Å². The lowest BCUT2D eigenvalue weighted by Gasteiger charge is -2.00. The molecule has 0 fully saturated rings. The minimum Gasteiger partial charge on any atom is -0.387 e. The zero-order valence-electron chi connectivity index (χ0n) is 9.39. The molecule has 1 heterocycles. The molecule has 2 N–H and O–H groups in total. The molecule has 0 saturated heterocycles. The standard InChI is InChI=1S/C12H11ClN2O2S/c13-10-4-2-1-3-8(10)5-9-6-14-12(18-9)15-11(17)7-16/h1-4,6,16H,5,7H2,(H,14,15,17). The van der Waals surface area contributed by atoms with Gasteiger partial charge in [-0.05, 0) is 11.6 Å². The van der Waals surface area contributed by atoms with E-state index in [1.165, 1.54) is 11.3 Å². The lowest BCUT2D eigenvalue weighted by Crippen LogP contribution is -2.14. The highest BCUT2D eigenvalue weighted by Crippen LogP contribution is 2.24. The van der Waals surface area contributed by atoms with Gasteiger partial charge in [0.25, 0.3) is 5.91 Å². The van der Waals surface area contributed by atoms with Crippen molar-refractivity contribution in [1.82, 2.24) is 4.98 Å². The normalized spacial score (nSPS) is 10.3. The summed E-state index contributed by atoms with van der Waals surface area (Å²) in [5.41, 5.74) is 1.02. The second-order valence-corrected chi connectivity index (χ2v) is 5.13. The number of benzene rings is 1. The summed E-state index contributed by atoms with van der Waals surface area (Å²) >= 11 is 7.44. The Morgan fingerprint density at radius 1 is 1.44 bits per heavy atom. The van der Waals surface area contributed by atoms with Gasteiger partial charge in [0.15, 0.2) is 5.13 Å². The number of nitrogens with zero attached hydrogens (tertiary/aromatic N) is 1. The number of hydrogen-bond acceptors (Lipinski definition) is 4. The quantitative estimate of drug-likeness (QED) is 0.905. The molecule has 0 saturated carbocycles. The van der Waals surface area contributed by atoms with Crippen molar-refractivity contribution in [3.8, 4) is 0 Å². The number of aliphatic hydroxyl groups is 1. The van der Waals surface area contributed by atoms with E-state index in [2.05, 4.69) is 10.3 Å². The number of thiazole rings is 1. The number of rotatable bonds is 4. The van der Waals surface area contributed by atoms with E-state index in [0.29, 0.717) is 16.6 Å². The maximum Gasteiger partial charge on any atom is 0.251 e. The van der Waals surface area contributed by atoms with Crippen LogP contribution in [0.25, 0.3) is 0 Å². The van der Waals surface area contributed by atoms with Crippen molar-refractivity contribution < 1.29 is 9.90 Å². The number of anilines is 1. The number of aliphatic hydroxyl groups excluding tert-OH is 1. The van der Waals surface area contributed by atoms with Gasteiger partial charge in [-0.1, -0.05) is 29.8 Å². The molecule has 2 rings (SSSR count). The number of carbonyl (C=O) groups excluding carboxylic acids is 1. The molecule has 2 aromatic rings. The maximum atomic E-state index is 11.0. The first kappa shape index (κ1) is 13.0. The molecule has 0 aliphatic carbocycles. The zero-order valence-corrected chi connectivity index (χ0v) is 11.0. The van der Waals surface area contributed by atoms with Gasteiger partial charge < -0.3 is 5.11 Å². The Balaban J connectivity index is 2.07. The van der Waals surface area contributed by atoms with Gasteiger partial charge in [0.05, 0.1) is 0 Å². The molecule has 0 atom stereocenters. The van der Waals surface area contributed by atoms with Crippen molar-refractivity contribution in [3.05, 3.63) is 45.9 Å². The molecule has 94 valence electrons. The Morgan fingerprint density at radius 3 is 2.94 bits per heavy atom. The van der Waals surface area contributed by atoms with Gasteiger partial charge in [0.1, 0.15) is 6.61 Å². The third kappa shape index (κ3) is 3.29. The predicted molar refractivity (Wildman–Crippen MR) is 72.1 cm³/mol.